The summed E-state index contributed by atoms with van der Waals surface area (Å²) in [4.78, 5) is 12.1. The second-order valence-corrected chi connectivity index (χ2v) is 6.85. The highest BCUT2D eigenvalue weighted by atomic mass is 19.4. The average molecular weight is 426 g/mol. The van der Waals surface area contributed by atoms with Gasteiger partial charge in [-0.2, -0.15) is 13.2 Å². The van der Waals surface area contributed by atoms with Gasteiger partial charge in [0.1, 0.15) is 23.7 Å². The number of rotatable bonds is 5. The third kappa shape index (κ3) is 4.55. The molecule has 0 saturated carbocycles. The molecule has 0 radical (unpaired) electrons. The second-order valence-electron chi connectivity index (χ2n) is 6.85. The van der Waals surface area contributed by atoms with Crippen LogP contribution in [0.1, 0.15) is 11.1 Å². The van der Waals surface area contributed by atoms with Gasteiger partial charge in [-0.25, -0.2) is 4.79 Å². The molecular formula is C24H17F3O4. The molecule has 3 aromatic carbocycles. The first-order valence-electron chi connectivity index (χ1n) is 9.35. The molecule has 7 heteroatoms. The molecule has 0 saturated heterocycles. The van der Waals surface area contributed by atoms with Gasteiger partial charge in [0, 0.05) is 17.5 Å². The van der Waals surface area contributed by atoms with E-state index in [9.17, 15) is 18.0 Å². The summed E-state index contributed by atoms with van der Waals surface area (Å²) in [5.41, 5.74) is 0.952. The van der Waals surface area contributed by atoms with Crippen LogP contribution in [0.15, 0.2) is 82.0 Å². The molecule has 0 amide bonds. The fourth-order valence-electron chi connectivity index (χ4n) is 3.25. The van der Waals surface area contributed by atoms with E-state index < -0.39 is 17.4 Å². The van der Waals surface area contributed by atoms with Crippen molar-refractivity contribution in [2.45, 2.75) is 12.8 Å². The first-order valence-corrected chi connectivity index (χ1v) is 9.35. The van der Waals surface area contributed by atoms with Crippen LogP contribution < -0.4 is 15.1 Å². The van der Waals surface area contributed by atoms with Crippen LogP contribution in [-0.4, -0.2) is 7.11 Å². The summed E-state index contributed by atoms with van der Waals surface area (Å²) < 4.78 is 54.7. The summed E-state index contributed by atoms with van der Waals surface area (Å²) in [6, 6.07) is 18.6. The van der Waals surface area contributed by atoms with E-state index >= 15 is 0 Å². The van der Waals surface area contributed by atoms with E-state index in [1.807, 2.05) is 12.1 Å². The van der Waals surface area contributed by atoms with Crippen molar-refractivity contribution < 1.29 is 27.1 Å². The third-order valence-corrected chi connectivity index (χ3v) is 4.78. The molecule has 4 rings (SSSR count). The molecule has 0 bridgehead atoms. The second kappa shape index (κ2) is 8.18. The average Bonchev–Trinajstić information content (AvgIpc) is 2.76. The zero-order valence-corrected chi connectivity index (χ0v) is 16.4. The van der Waals surface area contributed by atoms with E-state index in [1.165, 1.54) is 12.1 Å². The minimum absolute atomic E-state index is 0.0577. The van der Waals surface area contributed by atoms with Gasteiger partial charge in [0.2, 0.25) is 0 Å². The van der Waals surface area contributed by atoms with Gasteiger partial charge >= 0.3 is 11.8 Å². The zero-order valence-electron chi connectivity index (χ0n) is 16.4. The van der Waals surface area contributed by atoms with Gasteiger partial charge in [0.25, 0.3) is 0 Å². The van der Waals surface area contributed by atoms with Crippen molar-refractivity contribution in [3.8, 4) is 22.6 Å². The Morgan fingerprint density at radius 1 is 0.903 bits per heavy atom. The van der Waals surface area contributed by atoms with Crippen LogP contribution in [0.25, 0.3) is 22.1 Å². The number of hydrogen-bond acceptors (Lipinski definition) is 4. The highest BCUT2D eigenvalue weighted by Gasteiger charge is 2.30. The first kappa shape index (κ1) is 20.5. The molecule has 158 valence electrons. The van der Waals surface area contributed by atoms with Gasteiger partial charge in [0.15, 0.2) is 0 Å². The number of halogens is 3. The number of ether oxygens (including phenoxy) is 2. The summed E-state index contributed by atoms with van der Waals surface area (Å²) in [6.07, 6.45) is -4.42. The fraction of sp³-hybridized carbons (Fsp3) is 0.125. The van der Waals surface area contributed by atoms with Gasteiger partial charge < -0.3 is 13.9 Å². The Kier molecular flexibility index (Phi) is 5.42. The molecule has 31 heavy (non-hydrogen) atoms. The summed E-state index contributed by atoms with van der Waals surface area (Å²) >= 11 is 0. The van der Waals surface area contributed by atoms with Crippen LogP contribution in [0.5, 0.6) is 11.5 Å². The molecule has 0 aliphatic rings. The van der Waals surface area contributed by atoms with E-state index in [4.69, 9.17) is 13.9 Å². The lowest BCUT2D eigenvalue weighted by molar-refractivity contribution is -0.137. The lowest BCUT2D eigenvalue weighted by atomic mass is 10.0. The Balaban J connectivity index is 1.62. The van der Waals surface area contributed by atoms with Crippen LogP contribution >= 0.6 is 0 Å². The molecule has 0 fully saturated rings. The summed E-state index contributed by atoms with van der Waals surface area (Å²) in [6.45, 7) is -0.0577. The number of alkyl halides is 3. The lowest BCUT2D eigenvalue weighted by Gasteiger charge is -2.11. The van der Waals surface area contributed by atoms with Gasteiger partial charge in [-0.15, -0.1) is 0 Å². The summed E-state index contributed by atoms with van der Waals surface area (Å²) in [7, 11) is 1.57. The van der Waals surface area contributed by atoms with Crippen LogP contribution in [0.3, 0.4) is 0 Å². The van der Waals surface area contributed by atoms with Crippen LogP contribution in [0, 0.1) is 0 Å². The smallest absolute Gasteiger partial charge is 0.416 e. The number of benzene rings is 3. The van der Waals surface area contributed by atoms with E-state index in [0.29, 0.717) is 33.6 Å². The quantitative estimate of drug-likeness (QED) is 0.364. The Hall–Kier alpha value is -3.74. The van der Waals surface area contributed by atoms with Crippen molar-refractivity contribution in [1.29, 1.82) is 0 Å². The number of hydrogen-bond donors (Lipinski definition) is 0. The normalized spacial score (nSPS) is 11.5. The van der Waals surface area contributed by atoms with Gasteiger partial charge in [-0.3, -0.25) is 0 Å². The Morgan fingerprint density at radius 3 is 2.35 bits per heavy atom. The van der Waals surface area contributed by atoms with Crippen LogP contribution in [0.2, 0.25) is 0 Å². The van der Waals surface area contributed by atoms with Crippen molar-refractivity contribution in [1.82, 2.24) is 0 Å². The maximum atomic E-state index is 12.9. The summed E-state index contributed by atoms with van der Waals surface area (Å²) in [5, 5.41) is 0.705. The van der Waals surface area contributed by atoms with Gasteiger partial charge in [0.05, 0.1) is 12.7 Å². The highest BCUT2D eigenvalue weighted by molar-refractivity contribution is 5.93. The van der Waals surface area contributed by atoms with Crippen molar-refractivity contribution in [2.24, 2.45) is 0 Å². The van der Waals surface area contributed by atoms with Crippen LogP contribution in [0.4, 0.5) is 13.2 Å². The van der Waals surface area contributed by atoms with Gasteiger partial charge in [-0.05, 0) is 53.1 Å². The topological polar surface area (TPSA) is 48.7 Å². The lowest BCUT2D eigenvalue weighted by Crippen LogP contribution is -2.06. The van der Waals surface area contributed by atoms with Crippen molar-refractivity contribution in [3.63, 3.8) is 0 Å². The Morgan fingerprint density at radius 2 is 1.65 bits per heavy atom. The first-order chi connectivity index (χ1) is 14.8. The maximum Gasteiger partial charge on any atom is 0.416 e. The molecule has 4 aromatic rings. The third-order valence-electron chi connectivity index (χ3n) is 4.78. The maximum absolute atomic E-state index is 12.9. The van der Waals surface area contributed by atoms with Crippen molar-refractivity contribution in [2.75, 3.05) is 7.11 Å². The minimum atomic E-state index is -4.42. The van der Waals surface area contributed by atoms with E-state index in [0.717, 1.165) is 17.7 Å². The monoisotopic (exact) mass is 426 g/mol. The predicted octanol–water partition coefficient (Wildman–Crippen LogP) is 6.07. The molecule has 1 heterocycles. The molecule has 0 atom stereocenters. The summed E-state index contributed by atoms with van der Waals surface area (Å²) in [5.74, 6) is 1.07. The van der Waals surface area contributed by atoms with Crippen LogP contribution in [-0.2, 0) is 12.8 Å². The van der Waals surface area contributed by atoms with E-state index in [1.54, 1.807) is 43.5 Å². The molecule has 0 N–H and O–H groups in total. The molecule has 0 spiro atoms. The Labute approximate surface area is 175 Å². The van der Waals surface area contributed by atoms with Gasteiger partial charge in [-0.1, -0.05) is 24.3 Å². The SMILES string of the molecule is COc1ccc(-c2cc(=O)oc3cc(OCc4cccc(C(F)(F)F)c4)ccc23)cc1. The molecular weight excluding hydrogens is 409 g/mol. The predicted molar refractivity (Wildman–Crippen MR) is 110 cm³/mol. The Bertz CT molecular complexity index is 1270. The number of fused-ring (bicyclic) bond motifs is 1. The van der Waals surface area contributed by atoms with Crippen molar-refractivity contribution in [3.05, 3.63) is 94.3 Å². The minimum Gasteiger partial charge on any atom is -0.497 e. The molecule has 0 aliphatic carbocycles. The standard InChI is InChI=1S/C24H17F3O4/c1-29-18-7-5-16(6-8-18)21-13-23(28)31-22-12-19(9-10-20(21)22)30-14-15-3-2-4-17(11-15)24(25,26)27/h2-13H,14H2,1H3. The zero-order chi connectivity index (χ0) is 22.0. The van der Waals surface area contributed by atoms with Crippen molar-refractivity contribution >= 4 is 11.0 Å². The number of methoxy groups -OCH3 is 1. The fourth-order valence-corrected chi connectivity index (χ4v) is 3.25. The molecule has 1 aromatic heterocycles. The molecule has 0 aliphatic heterocycles. The van der Waals surface area contributed by atoms with E-state index in [2.05, 4.69) is 0 Å². The largest absolute Gasteiger partial charge is 0.497 e. The molecule has 4 nitrogen and oxygen atoms in total. The highest BCUT2D eigenvalue weighted by Crippen LogP contribution is 2.32. The molecule has 0 unspecified atom stereocenters. The van der Waals surface area contributed by atoms with E-state index in [-0.39, 0.29) is 6.61 Å².